The second kappa shape index (κ2) is 10.2. The highest BCUT2D eigenvalue weighted by Crippen LogP contribution is 2.43. The number of hydrogen-bond acceptors (Lipinski definition) is 6. The van der Waals surface area contributed by atoms with E-state index >= 15 is 0 Å². The molecule has 0 aliphatic rings. The van der Waals surface area contributed by atoms with E-state index in [0.29, 0.717) is 51.6 Å². The molecule has 0 spiro atoms. The number of fused-ring (bicyclic) bond motifs is 9. The van der Waals surface area contributed by atoms with Crippen molar-refractivity contribution in [1.82, 2.24) is 0 Å². The average molecular weight is 533 g/mol. The van der Waals surface area contributed by atoms with Crippen molar-refractivity contribution in [3.8, 4) is 11.5 Å². The Kier molecular flexibility index (Phi) is 6.54. The predicted octanol–water partition coefficient (Wildman–Crippen LogP) is 6.13. The van der Waals surface area contributed by atoms with Gasteiger partial charge in [-0.05, 0) is 72.1 Å². The van der Waals surface area contributed by atoms with Gasteiger partial charge in [-0.2, -0.15) is 0 Å². The molecule has 6 heteroatoms. The largest absolute Gasteiger partial charge is 0.493 e. The van der Waals surface area contributed by atoms with E-state index in [2.05, 4.69) is 13.8 Å². The maximum atomic E-state index is 13.4. The van der Waals surface area contributed by atoms with Crippen molar-refractivity contribution in [2.24, 2.45) is 0 Å². The molecule has 0 saturated carbocycles. The van der Waals surface area contributed by atoms with Gasteiger partial charge in [0.25, 0.3) is 0 Å². The zero-order valence-corrected chi connectivity index (χ0v) is 22.5. The lowest BCUT2D eigenvalue weighted by Crippen LogP contribution is -2.11. The van der Waals surface area contributed by atoms with Crippen molar-refractivity contribution >= 4 is 53.9 Å². The summed E-state index contributed by atoms with van der Waals surface area (Å²) in [6.07, 6.45) is 3.54. The van der Waals surface area contributed by atoms with Gasteiger partial charge < -0.3 is 9.47 Å². The minimum Gasteiger partial charge on any atom is -0.493 e. The van der Waals surface area contributed by atoms with Gasteiger partial charge in [0.15, 0.2) is 21.7 Å². The van der Waals surface area contributed by atoms with Gasteiger partial charge in [0.05, 0.1) is 13.2 Å². The summed E-state index contributed by atoms with van der Waals surface area (Å²) in [5.74, 6) is 1.01. The summed E-state index contributed by atoms with van der Waals surface area (Å²) in [5, 5.41) is 4.90. The van der Waals surface area contributed by atoms with Gasteiger partial charge >= 0.3 is 0 Å². The minimum absolute atomic E-state index is 0.266. The monoisotopic (exact) mass is 532 g/mol. The van der Waals surface area contributed by atoms with E-state index in [1.807, 2.05) is 24.3 Å². The summed E-state index contributed by atoms with van der Waals surface area (Å²) >= 11 is 0. The zero-order valence-electron chi connectivity index (χ0n) is 22.5. The van der Waals surface area contributed by atoms with Gasteiger partial charge in [-0.25, -0.2) is 0 Å². The molecule has 6 aromatic rings. The highest BCUT2D eigenvalue weighted by atomic mass is 16.5. The van der Waals surface area contributed by atoms with Crippen LogP contribution in [-0.4, -0.2) is 13.2 Å². The molecule has 0 heterocycles. The molecule has 0 aliphatic heterocycles. The van der Waals surface area contributed by atoms with Crippen LogP contribution in [0.25, 0.3) is 53.9 Å². The standard InChI is InChI=1S/C34H28O6/c1-3-5-15-39-28-17-22-24(35)11-13-26(37)31(22)33-20(28)9-7-19-8-10-21-29(40-16-6-4-2)18-23-25(36)12-14-27(38)32(23)34(21)30(19)33/h7-14,17-18H,3-6,15-16H2,1-2H3. The molecule has 0 unspecified atom stereocenters. The van der Waals surface area contributed by atoms with Gasteiger partial charge in [0.2, 0.25) is 0 Å². The second-order valence-corrected chi connectivity index (χ2v) is 10.2. The molecule has 200 valence electrons. The lowest BCUT2D eigenvalue weighted by molar-refractivity contribution is 0.313. The molecule has 0 fully saturated rings. The van der Waals surface area contributed by atoms with E-state index in [0.717, 1.165) is 31.1 Å². The van der Waals surface area contributed by atoms with Crippen LogP contribution < -0.4 is 31.2 Å². The van der Waals surface area contributed by atoms with E-state index in [-0.39, 0.29) is 43.3 Å². The highest BCUT2D eigenvalue weighted by molar-refractivity contribution is 6.33. The minimum atomic E-state index is -0.296. The number of hydrogen-bond donors (Lipinski definition) is 0. The first-order valence-electron chi connectivity index (χ1n) is 13.8. The van der Waals surface area contributed by atoms with E-state index in [1.54, 1.807) is 12.1 Å². The third kappa shape index (κ3) is 4.02. The molecule has 6 aromatic carbocycles. The van der Waals surface area contributed by atoms with Crippen molar-refractivity contribution in [2.75, 3.05) is 13.2 Å². The molecule has 0 N–H and O–H groups in total. The zero-order chi connectivity index (χ0) is 28.0. The van der Waals surface area contributed by atoms with Crippen molar-refractivity contribution < 1.29 is 9.47 Å². The van der Waals surface area contributed by atoms with E-state index in [4.69, 9.17) is 9.47 Å². The molecule has 0 saturated heterocycles. The Balaban J connectivity index is 1.91. The maximum Gasteiger partial charge on any atom is 0.187 e. The lowest BCUT2D eigenvalue weighted by Gasteiger charge is -2.17. The molecule has 0 aliphatic carbocycles. The number of unbranched alkanes of at least 4 members (excludes halogenated alkanes) is 2. The van der Waals surface area contributed by atoms with Crippen molar-refractivity contribution in [1.29, 1.82) is 0 Å². The topological polar surface area (TPSA) is 86.7 Å². The van der Waals surface area contributed by atoms with Crippen molar-refractivity contribution in [3.63, 3.8) is 0 Å². The van der Waals surface area contributed by atoms with Crippen LogP contribution in [0.2, 0.25) is 0 Å². The maximum absolute atomic E-state index is 13.4. The first-order valence-corrected chi connectivity index (χ1v) is 13.8. The van der Waals surface area contributed by atoms with Crippen LogP contribution in [0.3, 0.4) is 0 Å². The summed E-state index contributed by atoms with van der Waals surface area (Å²) in [5.41, 5.74) is -1.16. The first-order chi connectivity index (χ1) is 19.4. The summed E-state index contributed by atoms with van der Waals surface area (Å²) in [4.78, 5) is 52.9. The fourth-order valence-corrected chi connectivity index (χ4v) is 5.62. The van der Waals surface area contributed by atoms with Gasteiger partial charge in [-0.1, -0.05) is 38.8 Å². The highest BCUT2D eigenvalue weighted by Gasteiger charge is 2.20. The Morgan fingerprint density at radius 1 is 0.475 bits per heavy atom. The van der Waals surface area contributed by atoms with Gasteiger partial charge in [-0.15, -0.1) is 0 Å². The second-order valence-electron chi connectivity index (χ2n) is 10.2. The quantitative estimate of drug-likeness (QED) is 0.173. The van der Waals surface area contributed by atoms with Crippen LogP contribution in [0.1, 0.15) is 39.5 Å². The molecular weight excluding hydrogens is 504 g/mol. The van der Waals surface area contributed by atoms with Crippen molar-refractivity contribution in [3.05, 3.63) is 102 Å². The van der Waals surface area contributed by atoms with Crippen LogP contribution in [-0.2, 0) is 0 Å². The smallest absolute Gasteiger partial charge is 0.187 e. The molecule has 6 nitrogen and oxygen atoms in total. The Morgan fingerprint density at radius 2 is 0.900 bits per heavy atom. The molecule has 6 rings (SSSR count). The molecule has 0 atom stereocenters. The first kappa shape index (κ1) is 25.7. The Hall–Kier alpha value is -4.58. The van der Waals surface area contributed by atoms with Gasteiger partial charge in [0.1, 0.15) is 11.5 Å². The Labute approximate surface area is 229 Å². The lowest BCUT2D eigenvalue weighted by atomic mass is 9.89. The molecule has 0 bridgehead atoms. The molecule has 0 radical (unpaired) electrons. The third-order valence-corrected chi connectivity index (χ3v) is 7.61. The summed E-state index contributed by atoms with van der Waals surface area (Å²) in [7, 11) is 0. The summed E-state index contributed by atoms with van der Waals surface area (Å²) < 4.78 is 12.3. The van der Waals surface area contributed by atoms with Crippen LogP contribution in [0, 0.1) is 0 Å². The molecule has 40 heavy (non-hydrogen) atoms. The van der Waals surface area contributed by atoms with E-state index in [1.165, 1.54) is 24.3 Å². The predicted molar refractivity (Wildman–Crippen MR) is 162 cm³/mol. The molecule has 0 aromatic heterocycles. The van der Waals surface area contributed by atoms with Gasteiger partial charge in [-0.3, -0.25) is 19.2 Å². The normalized spacial score (nSPS) is 11.8. The molecular formula is C34H28O6. The third-order valence-electron chi connectivity index (χ3n) is 7.61. The van der Waals surface area contributed by atoms with Gasteiger partial charge in [0, 0.05) is 43.1 Å². The van der Waals surface area contributed by atoms with Crippen molar-refractivity contribution in [2.45, 2.75) is 39.5 Å². The number of rotatable bonds is 8. The van der Waals surface area contributed by atoms with Crippen LogP contribution in [0.15, 0.2) is 79.8 Å². The average Bonchev–Trinajstić information content (AvgIpc) is 2.96. The van der Waals surface area contributed by atoms with E-state index in [9.17, 15) is 19.2 Å². The summed E-state index contributed by atoms with van der Waals surface area (Å²) in [6.45, 7) is 5.05. The molecule has 0 amide bonds. The number of benzene rings is 6. The Bertz CT molecular complexity index is 2020. The number of ether oxygens (including phenoxy) is 2. The SMILES string of the molecule is CCCCOc1cc2c(=O)ccc(=O)c2c2c1ccc1ccc3c(OCCCC)cc4c(=O)ccc(=O)c4c3c12. The van der Waals surface area contributed by atoms with Crippen LogP contribution in [0.5, 0.6) is 11.5 Å². The summed E-state index contributed by atoms with van der Waals surface area (Å²) in [6, 6.07) is 16.1. The fraction of sp³-hybridized carbons (Fsp3) is 0.235. The fourth-order valence-electron chi connectivity index (χ4n) is 5.62. The van der Waals surface area contributed by atoms with Crippen LogP contribution >= 0.6 is 0 Å². The van der Waals surface area contributed by atoms with Crippen LogP contribution in [0.4, 0.5) is 0 Å². The Morgan fingerprint density at radius 3 is 1.32 bits per heavy atom. The van der Waals surface area contributed by atoms with E-state index < -0.39 is 0 Å².